The second kappa shape index (κ2) is 12.6. The summed E-state index contributed by atoms with van der Waals surface area (Å²) in [5, 5.41) is 9.30. The average molecular weight is 494 g/mol. The molecule has 8 heteroatoms. The number of hydrogen-bond donors (Lipinski definition) is 2. The van der Waals surface area contributed by atoms with Gasteiger partial charge in [-0.15, -0.1) is 11.3 Å². The maximum absolute atomic E-state index is 12.8. The number of aryl methyl sites for hydroxylation is 1. The molecular formula is C27H35N5O2S. The molecule has 7 nitrogen and oxygen atoms in total. The third kappa shape index (κ3) is 7.70. The Kier molecular flexibility index (Phi) is 9.51. The molecule has 1 unspecified atom stereocenters. The minimum Gasteiger partial charge on any atom is -0.352 e. The Bertz CT molecular complexity index is 1140. The first kappa shape index (κ1) is 26.5. The van der Waals surface area contributed by atoms with E-state index < -0.39 is 0 Å². The number of nitrogens with zero attached hydrogens (tertiary/aromatic N) is 3. The fraction of sp³-hybridized carbons (Fsp3) is 0.407. The Morgan fingerprint density at radius 2 is 1.80 bits per heavy atom. The second-order valence-electron chi connectivity index (χ2n) is 9.12. The van der Waals surface area contributed by atoms with Gasteiger partial charge < -0.3 is 15.5 Å². The molecule has 1 atom stereocenters. The molecule has 0 saturated heterocycles. The molecule has 186 valence electrons. The highest BCUT2D eigenvalue weighted by Crippen LogP contribution is 2.18. The molecule has 2 heterocycles. The zero-order chi connectivity index (χ0) is 25.4. The highest BCUT2D eigenvalue weighted by Gasteiger charge is 2.16. The van der Waals surface area contributed by atoms with Gasteiger partial charge >= 0.3 is 0 Å². The van der Waals surface area contributed by atoms with E-state index >= 15 is 0 Å². The number of carbonyl (C=O) groups is 2. The lowest BCUT2D eigenvalue weighted by atomic mass is 10.0. The van der Waals surface area contributed by atoms with Crippen LogP contribution in [0.25, 0.3) is 0 Å². The number of thiazole rings is 1. The standard InChI is InChI=1S/C27H35N5O2S/c1-18(2)23-13-24(15-28-14-23)20(4)29-10-7-11-30-26(33)21-8-6-9-22(12-21)27(34)32(5)16-25-31-19(3)17-35-25/h6,8-9,12-15,17-18,20,29H,7,10-11,16H2,1-5H3,(H,30,33). The maximum atomic E-state index is 12.8. The fourth-order valence-corrected chi connectivity index (χ4v) is 4.45. The van der Waals surface area contributed by atoms with Crippen molar-refractivity contribution in [2.24, 2.45) is 0 Å². The smallest absolute Gasteiger partial charge is 0.253 e. The van der Waals surface area contributed by atoms with Crippen LogP contribution < -0.4 is 10.6 Å². The molecule has 0 saturated carbocycles. The van der Waals surface area contributed by atoms with E-state index in [4.69, 9.17) is 0 Å². The molecule has 0 radical (unpaired) electrons. The lowest BCUT2D eigenvalue weighted by Crippen LogP contribution is -2.29. The van der Waals surface area contributed by atoms with E-state index in [-0.39, 0.29) is 17.9 Å². The second-order valence-corrected chi connectivity index (χ2v) is 10.1. The number of hydrogen-bond acceptors (Lipinski definition) is 6. The Hall–Kier alpha value is -3.10. The highest BCUT2D eigenvalue weighted by molar-refractivity contribution is 7.09. The molecule has 0 aliphatic rings. The van der Waals surface area contributed by atoms with E-state index in [1.54, 1.807) is 36.2 Å². The van der Waals surface area contributed by atoms with Crippen LogP contribution in [0, 0.1) is 6.92 Å². The summed E-state index contributed by atoms with van der Waals surface area (Å²) in [4.78, 5) is 35.8. The van der Waals surface area contributed by atoms with Gasteiger partial charge in [-0.25, -0.2) is 4.98 Å². The Morgan fingerprint density at radius 3 is 2.51 bits per heavy atom. The summed E-state index contributed by atoms with van der Waals surface area (Å²) in [6.45, 7) is 10.1. The molecule has 0 aliphatic carbocycles. The number of aromatic nitrogens is 2. The van der Waals surface area contributed by atoms with Crippen molar-refractivity contribution in [3.63, 3.8) is 0 Å². The summed E-state index contributed by atoms with van der Waals surface area (Å²) in [5.41, 5.74) is 4.31. The molecule has 3 aromatic rings. The molecule has 3 rings (SSSR count). The Balaban J connectivity index is 1.45. The monoisotopic (exact) mass is 493 g/mol. The van der Waals surface area contributed by atoms with Crippen LogP contribution in [0.2, 0.25) is 0 Å². The van der Waals surface area contributed by atoms with Crippen LogP contribution in [-0.2, 0) is 6.54 Å². The van der Waals surface area contributed by atoms with Crippen LogP contribution >= 0.6 is 11.3 Å². The lowest BCUT2D eigenvalue weighted by molar-refractivity contribution is 0.0785. The number of amides is 2. The number of nitrogens with one attached hydrogen (secondary N) is 2. The number of carbonyl (C=O) groups excluding carboxylic acids is 2. The third-order valence-electron chi connectivity index (χ3n) is 5.79. The molecule has 2 amide bonds. The molecule has 0 fully saturated rings. The molecule has 0 spiro atoms. The van der Waals surface area contributed by atoms with Crippen molar-refractivity contribution in [2.75, 3.05) is 20.1 Å². The van der Waals surface area contributed by atoms with Gasteiger partial charge in [-0.3, -0.25) is 14.6 Å². The Labute approximate surface area is 212 Å². The molecule has 1 aromatic carbocycles. The van der Waals surface area contributed by atoms with Crippen molar-refractivity contribution in [3.05, 3.63) is 81.1 Å². The van der Waals surface area contributed by atoms with E-state index in [1.807, 2.05) is 24.7 Å². The van der Waals surface area contributed by atoms with Gasteiger partial charge in [0.05, 0.1) is 6.54 Å². The molecule has 2 N–H and O–H groups in total. The van der Waals surface area contributed by atoms with Gasteiger partial charge in [-0.05, 0) is 62.1 Å². The summed E-state index contributed by atoms with van der Waals surface area (Å²) in [7, 11) is 1.74. The van der Waals surface area contributed by atoms with Crippen molar-refractivity contribution < 1.29 is 9.59 Å². The summed E-state index contributed by atoms with van der Waals surface area (Å²) >= 11 is 1.54. The minimum atomic E-state index is -0.181. The SMILES string of the molecule is Cc1csc(CN(C)C(=O)c2cccc(C(=O)NCCCNC(C)c3cncc(C(C)C)c3)c2)n1. The van der Waals surface area contributed by atoms with Crippen LogP contribution in [-0.4, -0.2) is 46.8 Å². The van der Waals surface area contributed by atoms with Crippen LogP contribution in [0.4, 0.5) is 0 Å². The first-order chi connectivity index (χ1) is 16.7. The maximum Gasteiger partial charge on any atom is 0.253 e. The van der Waals surface area contributed by atoms with Gasteiger partial charge in [0, 0.05) is 54.2 Å². The van der Waals surface area contributed by atoms with Crippen molar-refractivity contribution in [1.82, 2.24) is 25.5 Å². The van der Waals surface area contributed by atoms with E-state index in [2.05, 4.69) is 47.4 Å². The minimum absolute atomic E-state index is 0.137. The number of rotatable bonds is 11. The van der Waals surface area contributed by atoms with Crippen LogP contribution in [0.5, 0.6) is 0 Å². The number of benzene rings is 1. The van der Waals surface area contributed by atoms with Crippen molar-refractivity contribution in [1.29, 1.82) is 0 Å². The first-order valence-electron chi connectivity index (χ1n) is 12.0. The zero-order valence-electron chi connectivity index (χ0n) is 21.2. The molecule has 0 bridgehead atoms. The van der Waals surface area contributed by atoms with Gasteiger partial charge in [-0.2, -0.15) is 0 Å². The highest BCUT2D eigenvalue weighted by atomic mass is 32.1. The van der Waals surface area contributed by atoms with Crippen molar-refractivity contribution in [2.45, 2.75) is 52.6 Å². The van der Waals surface area contributed by atoms with Gasteiger partial charge in [0.25, 0.3) is 11.8 Å². The molecule has 35 heavy (non-hydrogen) atoms. The Morgan fingerprint density at radius 1 is 1.06 bits per heavy atom. The van der Waals surface area contributed by atoms with Gasteiger partial charge in [0.1, 0.15) is 5.01 Å². The van der Waals surface area contributed by atoms with E-state index in [0.29, 0.717) is 30.1 Å². The first-order valence-corrected chi connectivity index (χ1v) is 12.9. The quantitative estimate of drug-likeness (QED) is 0.378. The summed E-state index contributed by atoms with van der Waals surface area (Å²) < 4.78 is 0. The third-order valence-corrected chi connectivity index (χ3v) is 6.75. The number of pyridine rings is 1. The van der Waals surface area contributed by atoms with Gasteiger partial charge in [0.15, 0.2) is 0 Å². The molecule has 0 aliphatic heterocycles. The summed E-state index contributed by atoms with van der Waals surface area (Å²) in [5.74, 6) is 0.128. The van der Waals surface area contributed by atoms with E-state index in [0.717, 1.165) is 29.2 Å². The van der Waals surface area contributed by atoms with Crippen LogP contribution in [0.1, 0.15) is 81.7 Å². The predicted molar refractivity (Wildman–Crippen MR) is 141 cm³/mol. The lowest BCUT2D eigenvalue weighted by Gasteiger charge is -2.16. The summed E-state index contributed by atoms with van der Waals surface area (Å²) in [6, 6.07) is 9.23. The van der Waals surface area contributed by atoms with Gasteiger partial charge in [-0.1, -0.05) is 26.0 Å². The largest absolute Gasteiger partial charge is 0.352 e. The van der Waals surface area contributed by atoms with Crippen molar-refractivity contribution >= 4 is 23.2 Å². The predicted octanol–water partition coefficient (Wildman–Crippen LogP) is 4.71. The average Bonchev–Trinajstić information content (AvgIpc) is 3.27. The fourth-order valence-electron chi connectivity index (χ4n) is 3.62. The molecular weight excluding hydrogens is 458 g/mol. The van der Waals surface area contributed by atoms with Crippen LogP contribution in [0.15, 0.2) is 48.1 Å². The van der Waals surface area contributed by atoms with Crippen molar-refractivity contribution in [3.8, 4) is 0 Å². The van der Waals surface area contributed by atoms with Crippen LogP contribution in [0.3, 0.4) is 0 Å². The zero-order valence-corrected chi connectivity index (χ0v) is 22.0. The summed E-state index contributed by atoms with van der Waals surface area (Å²) in [6.07, 6.45) is 4.61. The van der Waals surface area contributed by atoms with E-state index in [1.165, 1.54) is 16.9 Å². The van der Waals surface area contributed by atoms with E-state index in [9.17, 15) is 9.59 Å². The topological polar surface area (TPSA) is 87.2 Å². The normalized spacial score (nSPS) is 11.9. The van der Waals surface area contributed by atoms with Gasteiger partial charge in [0.2, 0.25) is 0 Å². The molecule has 2 aromatic heterocycles.